The lowest BCUT2D eigenvalue weighted by Gasteiger charge is -2.19. The van der Waals surface area contributed by atoms with E-state index in [4.69, 9.17) is 11.6 Å². The maximum atomic E-state index is 11.3. The molecule has 1 aliphatic rings. The van der Waals surface area contributed by atoms with E-state index in [-0.39, 0.29) is 10.7 Å². The summed E-state index contributed by atoms with van der Waals surface area (Å²) in [6, 6.07) is 3.90. The average molecular weight is 317 g/mol. The Kier molecular flexibility index (Phi) is 3.79. The normalized spacial score (nSPS) is 17.5. The third-order valence-corrected chi connectivity index (χ3v) is 5.01. The fourth-order valence-corrected chi connectivity index (χ4v) is 3.16. The number of hydrogen-bond donors (Lipinski definition) is 1. The van der Waals surface area contributed by atoms with Gasteiger partial charge in [0.25, 0.3) is 0 Å². The quantitative estimate of drug-likeness (QED) is 0.827. The summed E-state index contributed by atoms with van der Waals surface area (Å²) in [4.78, 5) is 11.6. The standard InChI is InChI=1S/C13H15BrClNO/c1-3-7(2)13(14)9-4-8-5-12(17)16-11(8)6-10(9)15/h4,6-7,13H,3,5H2,1-2H3,(H,16,17). The number of rotatable bonds is 3. The minimum absolute atomic E-state index is 0.0443. The van der Waals surface area contributed by atoms with Crippen LogP contribution in [-0.2, 0) is 11.2 Å². The molecule has 0 fully saturated rings. The van der Waals surface area contributed by atoms with Crippen LogP contribution in [0.1, 0.15) is 36.2 Å². The molecule has 2 atom stereocenters. The molecule has 92 valence electrons. The molecule has 2 nitrogen and oxygen atoms in total. The summed E-state index contributed by atoms with van der Waals surface area (Å²) in [5.41, 5.74) is 2.98. The fraction of sp³-hybridized carbons (Fsp3) is 0.462. The van der Waals surface area contributed by atoms with Gasteiger partial charge in [-0.3, -0.25) is 4.79 Å². The second-order valence-electron chi connectivity index (χ2n) is 4.54. The van der Waals surface area contributed by atoms with Gasteiger partial charge in [0.05, 0.1) is 6.42 Å². The second-order valence-corrected chi connectivity index (χ2v) is 5.94. The molecule has 0 aromatic heterocycles. The summed E-state index contributed by atoms with van der Waals surface area (Å²) < 4.78 is 0. The molecule has 1 aromatic carbocycles. The Hall–Kier alpha value is -0.540. The van der Waals surface area contributed by atoms with Crippen molar-refractivity contribution >= 4 is 39.1 Å². The van der Waals surface area contributed by atoms with Crippen LogP contribution < -0.4 is 5.32 Å². The minimum atomic E-state index is 0.0443. The van der Waals surface area contributed by atoms with Crippen molar-refractivity contribution in [3.63, 3.8) is 0 Å². The van der Waals surface area contributed by atoms with Crippen LogP contribution in [0.4, 0.5) is 5.69 Å². The van der Waals surface area contributed by atoms with Crippen molar-refractivity contribution in [2.45, 2.75) is 31.5 Å². The third kappa shape index (κ3) is 2.50. The number of fused-ring (bicyclic) bond motifs is 1. The van der Waals surface area contributed by atoms with E-state index in [0.29, 0.717) is 17.4 Å². The highest BCUT2D eigenvalue weighted by Crippen LogP contribution is 2.40. The summed E-state index contributed by atoms with van der Waals surface area (Å²) in [6.45, 7) is 4.34. The van der Waals surface area contributed by atoms with E-state index in [1.165, 1.54) is 0 Å². The molecule has 2 unspecified atom stereocenters. The molecule has 2 rings (SSSR count). The van der Waals surface area contributed by atoms with Gasteiger partial charge in [-0.15, -0.1) is 0 Å². The van der Waals surface area contributed by atoms with Crippen LogP contribution in [0.15, 0.2) is 12.1 Å². The van der Waals surface area contributed by atoms with Gasteiger partial charge in [-0.1, -0.05) is 53.9 Å². The maximum Gasteiger partial charge on any atom is 0.228 e. The summed E-state index contributed by atoms with van der Waals surface area (Å²) in [6.07, 6.45) is 1.54. The zero-order valence-corrected chi connectivity index (χ0v) is 12.2. The van der Waals surface area contributed by atoms with Crippen LogP contribution in [0.5, 0.6) is 0 Å². The number of benzene rings is 1. The molecule has 0 spiro atoms. The number of hydrogen-bond acceptors (Lipinski definition) is 1. The van der Waals surface area contributed by atoms with Crippen molar-refractivity contribution in [2.75, 3.05) is 5.32 Å². The average Bonchev–Trinajstić information content (AvgIpc) is 2.65. The molecule has 0 radical (unpaired) electrons. The predicted molar refractivity (Wildman–Crippen MR) is 74.9 cm³/mol. The highest BCUT2D eigenvalue weighted by atomic mass is 79.9. The molecule has 0 bridgehead atoms. The number of amides is 1. The number of halogens is 2. The van der Waals surface area contributed by atoms with Crippen LogP contribution >= 0.6 is 27.5 Å². The molecule has 1 N–H and O–H groups in total. The third-order valence-electron chi connectivity index (χ3n) is 3.29. The molecular weight excluding hydrogens is 302 g/mol. The molecule has 1 amide bonds. The van der Waals surface area contributed by atoms with Crippen molar-refractivity contribution in [1.29, 1.82) is 0 Å². The molecular formula is C13H15BrClNO. The molecule has 1 aliphatic heterocycles. The van der Waals surface area contributed by atoms with E-state index in [2.05, 4.69) is 35.1 Å². The van der Waals surface area contributed by atoms with E-state index < -0.39 is 0 Å². The first-order chi connectivity index (χ1) is 8.02. The Labute approximate surface area is 115 Å². The largest absolute Gasteiger partial charge is 0.325 e. The van der Waals surface area contributed by atoms with Gasteiger partial charge in [-0.25, -0.2) is 0 Å². The SMILES string of the molecule is CCC(C)C(Br)c1cc2c(cc1Cl)NC(=O)C2. The van der Waals surface area contributed by atoms with E-state index in [0.717, 1.165) is 23.2 Å². The Balaban J connectivity index is 2.37. The Morgan fingerprint density at radius 3 is 2.88 bits per heavy atom. The van der Waals surface area contributed by atoms with Crippen LogP contribution in [0.25, 0.3) is 0 Å². The molecule has 1 aromatic rings. The summed E-state index contributed by atoms with van der Waals surface area (Å²) >= 11 is 9.97. The van der Waals surface area contributed by atoms with Gasteiger partial charge >= 0.3 is 0 Å². The van der Waals surface area contributed by atoms with Crippen molar-refractivity contribution in [2.24, 2.45) is 5.92 Å². The lowest BCUT2D eigenvalue weighted by Crippen LogP contribution is -2.03. The summed E-state index contributed by atoms with van der Waals surface area (Å²) in [5.74, 6) is 0.554. The van der Waals surface area contributed by atoms with Gasteiger partial charge < -0.3 is 5.32 Å². The number of carbonyl (C=O) groups is 1. The zero-order chi connectivity index (χ0) is 12.6. The van der Waals surface area contributed by atoms with Gasteiger partial charge in [-0.05, 0) is 23.1 Å². The summed E-state index contributed by atoms with van der Waals surface area (Å²) in [5, 5.41) is 3.52. The minimum Gasteiger partial charge on any atom is -0.325 e. The number of nitrogens with one attached hydrogen (secondary N) is 1. The molecule has 4 heteroatoms. The Morgan fingerprint density at radius 1 is 1.53 bits per heavy atom. The second kappa shape index (κ2) is 4.99. The molecule has 0 saturated carbocycles. The first-order valence-corrected chi connectivity index (χ1v) is 7.08. The van der Waals surface area contributed by atoms with Crippen molar-refractivity contribution in [3.8, 4) is 0 Å². The molecule has 1 heterocycles. The van der Waals surface area contributed by atoms with E-state index in [1.807, 2.05) is 12.1 Å². The van der Waals surface area contributed by atoms with Crippen LogP contribution in [0, 0.1) is 5.92 Å². The van der Waals surface area contributed by atoms with E-state index >= 15 is 0 Å². The predicted octanol–water partition coefficient (Wildman–Crippen LogP) is 4.32. The molecule has 17 heavy (non-hydrogen) atoms. The zero-order valence-electron chi connectivity index (χ0n) is 9.89. The smallest absolute Gasteiger partial charge is 0.228 e. The van der Waals surface area contributed by atoms with Crippen molar-refractivity contribution in [1.82, 2.24) is 0 Å². The van der Waals surface area contributed by atoms with E-state index in [1.54, 1.807) is 0 Å². The monoisotopic (exact) mass is 315 g/mol. The first-order valence-electron chi connectivity index (χ1n) is 5.79. The van der Waals surface area contributed by atoms with Crippen LogP contribution in [0.2, 0.25) is 5.02 Å². The van der Waals surface area contributed by atoms with Crippen molar-refractivity contribution < 1.29 is 4.79 Å². The molecule has 0 saturated heterocycles. The van der Waals surface area contributed by atoms with Gasteiger partial charge in [0.2, 0.25) is 5.91 Å². The Bertz CT molecular complexity index is 461. The van der Waals surface area contributed by atoms with E-state index in [9.17, 15) is 4.79 Å². The van der Waals surface area contributed by atoms with Gasteiger partial charge in [0.15, 0.2) is 0 Å². The van der Waals surface area contributed by atoms with Crippen LogP contribution in [0.3, 0.4) is 0 Å². The number of anilines is 1. The van der Waals surface area contributed by atoms with Crippen molar-refractivity contribution in [3.05, 3.63) is 28.3 Å². The lowest BCUT2D eigenvalue weighted by molar-refractivity contribution is -0.115. The van der Waals surface area contributed by atoms with Gasteiger partial charge in [0, 0.05) is 15.5 Å². The first kappa shape index (κ1) is 12.9. The topological polar surface area (TPSA) is 29.1 Å². The van der Waals surface area contributed by atoms with Gasteiger partial charge in [0.1, 0.15) is 0 Å². The summed E-state index contributed by atoms with van der Waals surface area (Å²) in [7, 11) is 0. The molecule has 0 aliphatic carbocycles. The Morgan fingerprint density at radius 2 is 2.24 bits per heavy atom. The van der Waals surface area contributed by atoms with Gasteiger partial charge in [-0.2, -0.15) is 0 Å². The fourth-order valence-electron chi connectivity index (χ4n) is 1.99. The highest BCUT2D eigenvalue weighted by molar-refractivity contribution is 9.09. The maximum absolute atomic E-state index is 11.3. The number of alkyl halides is 1. The highest BCUT2D eigenvalue weighted by Gasteiger charge is 2.23. The number of carbonyl (C=O) groups excluding carboxylic acids is 1. The lowest BCUT2D eigenvalue weighted by atomic mass is 9.96. The van der Waals surface area contributed by atoms with Crippen LogP contribution in [-0.4, -0.2) is 5.91 Å².